The molecule has 0 spiro atoms. The number of hydrogen-bond acceptors (Lipinski definition) is 4. The quantitative estimate of drug-likeness (QED) is 0.854. The molecule has 1 aromatic carbocycles. The van der Waals surface area contributed by atoms with E-state index >= 15 is 0 Å². The van der Waals surface area contributed by atoms with Gasteiger partial charge in [-0.1, -0.05) is 26.0 Å². The van der Waals surface area contributed by atoms with Crippen LogP contribution in [0.15, 0.2) is 18.2 Å². The summed E-state index contributed by atoms with van der Waals surface area (Å²) in [7, 11) is 0. The van der Waals surface area contributed by atoms with E-state index in [2.05, 4.69) is 19.9 Å². The van der Waals surface area contributed by atoms with E-state index in [0.717, 1.165) is 11.1 Å². The largest absolute Gasteiger partial charge is 0.481 e. The molecule has 138 valence electrons. The van der Waals surface area contributed by atoms with Gasteiger partial charge in [0.1, 0.15) is 5.75 Å². The Balaban J connectivity index is 2.11. The van der Waals surface area contributed by atoms with Gasteiger partial charge in [-0.3, -0.25) is 9.59 Å². The highest BCUT2D eigenvalue weighted by Crippen LogP contribution is 2.26. The monoisotopic (exact) mass is 349 g/mol. The molecule has 2 rings (SSSR count). The lowest BCUT2D eigenvalue weighted by atomic mass is 10.0. The normalized spacial score (nSPS) is 18.9. The Bertz CT molecular complexity index is 628. The van der Waals surface area contributed by atoms with Crippen LogP contribution in [0, 0.1) is 6.92 Å². The minimum Gasteiger partial charge on any atom is -0.481 e. The van der Waals surface area contributed by atoms with Crippen molar-refractivity contribution in [3.05, 3.63) is 29.3 Å². The SMILES string of the molecule is Cc1ccc(C(C)C)cc1OC(C)C(=O)N1CCOCC1CC(=O)O. The Morgan fingerprint density at radius 1 is 1.36 bits per heavy atom. The summed E-state index contributed by atoms with van der Waals surface area (Å²) in [4.78, 5) is 25.4. The van der Waals surface area contributed by atoms with Crippen LogP contribution in [-0.2, 0) is 14.3 Å². The molecular formula is C19H27NO5. The Morgan fingerprint density at radius 2 is 2.08 bits per heavy atom. The molecule has 1 aromatic rings. The minimum atomic E-state index is -0.942. The maximum Gasteiger partial charge on any atom is 0.305 e. The van der Waals surface area contributed by atoms with Crippen LogP contribution in [0.25, 0.3) is 0 Å². The van der Waals surface area contributed by atoms with Crippen molar-refractivity contribution < 1.29 is 24.2 Å². The first-order chi connectivity index (χ1) is 11.8. The predicted molar refractivity (Wildman–Crippen MR) is 93.9 cm³/mol. The molecule has 1 aliphatic heterocycles. The average molecular weight is 349 g/mol. The third-order valence-electron chi connectivity index (χ3n) is 4.45. The summed E-state index contributed by atoms with van der Waals surface area (Å²) in [6, 6.07) is 5.57. The summed E-state index contributed by atoms with van der Waals surface area (Å²) in [5, 5.41) is 9.03. The Morgan fingerprint density at radius 3 is 2.72 bits per heavy atom. The van der Waals surface area contributed by atoms with Crippen LogP contribution in [0.5, 0.6) is 5.75 Å². The zero-order chi connectivity index (χ0) is 18.6. The van der Waals surface area contributed by atoms with Crippen LogP contribution in [0.3, 0.4) is 0 Å². The van der Waals surface area contributed by atoms with E-state index in [1.54, 1.807) is 11.8 Å². The van der Waals surface area contributed by atoms with E-state index in [1.165, 1.54) is 0 Å². The van der Waals surface area contributed by atoms with Crippen molar-refractivity contribution in [3.8, 4) is 5.75 Å². The fraction of sp³-hybridized carbons (Fsp3) is 0.579. The van der Waals surface area contributed by atoms with Crippen LogP contribution in [-0.4, -0.2) is 53.8 Å². The number of morpholine rings is 1. The third-order valence-corrected chi connectivity index (χ3v) is 4.45. The molecule has 0 radical (unpaired) electrons. The highest BCUT2D eigenvalue weighted by atomic mass is 16.5. The molecule has 1 N–H and O–H groups in total. The van der Waals surface area contributed by atoms with Crippen LogP contribution in [0.2, 0.25) is 0 Å². The van der Waals surface area contributed by atoms with Crippen molar-refractivity contribution in [2.24, 2.45) is 0 Å². The second-order valence-electron chi connectivity index (χ2n) is 6.80. The number of carbonyl (C=O) groups excluding carboxylic acids is 1. The summed E-state index contributed by atoms with van der Waals surface area (Å²) in [5.41, 5.74) is 2.11. The van der Waals surface area contributed by atoms with E-state index in [9.17, 15) is 9.59 Å². The number of carboxylic acid groups (broad SMARTS) is 1. The van der Waals surface area contributed by atoms with Gasteiger partial charge in [0.25, 0.3) is 5.91 Å². The molecule has 0 aliphatic carbocycles. The number of ether oxygens (including phenoxy) is 2. The summed E-state index contributed by atoms with van der Waals surface area (Å²) in [6.45, 7) is 8.90. The van der Waals surface area contributed by atoms with E-state index in [-0.39, 0.29) is 18.9 Å². The molecule has 1 saturated heterocycles. The van der Waals surface area contributed by atoms with E-state index in [0.29, 0.717) is 24.8 Å². The molecule has 1 heterocycles. The van der Waals surface area contributed by atoms with Crippen LogP contribution >= 0.6 is 0 Å². The minimum absolute atomic E-state index is 0.125. The fourth-order valence-electron chi connectivity index (χ4n) is 2.89. The topological polar surface area (TPSA) is 76.1 Å². The molecule has 0 bridgehead atoms. The lowest BCUT2D eigenvalue weighted by Gasteiger charge is -2.36. The first-order valence-corrected chi connectivity index (χ1v) is 8.66. The van der Waals surface area contributed by atoms with Crippen molar-refractivity contribution in [2.45, 2.75) is 52.2 Å². The molecule has 0 aromatic heterocycles. The smallest absolute Gasteiger partial charge is 0.305 e. The maximum absolute atomic E-state index is 12.8. The van der Waals surface area contributed by atoms with Gasteiger partial charge < -0.3 is 19.5 Å². The highest BCUT2D eigenvalue weighted by molar-refractivity contribution is 5.82. The van der Waals surface area contributed by atoms with Crippen LogP contribution in [0.4, 0.5) is 0 Å². The second-order valence-corrected chi connectivity index (χ2v) is 6.80. The van der Waals surface area contributed by atoms with Gasteiger partial charge in [0, 0.05) is 6.54 Å². The lowest BCUT2D eigenvalue weighted by Crippen LogP contribution is -2.53. The average Bonchev–Trinajstić information content (AvgIpc) is 2.56. The molecule has 2 atom stereocenters. The number of aryl methyl sites for hydroxylation is 1. The van der Waals surface area contributed by atoms with Gasteiger partial charge in [0.05, 0.1) is 25.7 Å². The summed E-state index contributed by atoms with van der Waals surface area (Å²) >= 11 is 0. The number of benzene rings is 1. The molecule has 6 nitrogen and oxygen atoms in total. The van der Waals surface area contributed by atoms with Gasteiger partial charge in [-0.25, -0.2) is 0 Å². The number of carboxylic acids is 1. The molecule has 1 aliphatic rings. The van der Waals surface area contributed by atoms with Gasteiger partial charge in [-0.2, -0.15) is 0 Å². The molecule has 2 unspecified atom stereocenters. The highest BCUT2D eigenvalue weighted by Gasteiger charge is 2.32. The molecule has 1 amide bonds. The van der Waals surface area contributed by atoms with Crippen molar-refractivity contribution in [1.29, 1.82) is 0 Å². The van der Waals surface area contributed by atoms with Crippen molar-refractivity contribution in [3.63, 3.8) is 0 Å². The Kier molecular flexibility index (Phi) is 6.42. The number of carbonyl (C=O) groups is 2. The van der Waals surface area contributed by atoms with Crippen molar-refractivity contribution in [2.75, 3.05) is 19.8 Å². The van der Waals surface area contributed by atoms with E-state index in [4.69, 9.17) is 14.6 Å². The Labute approximate surface area is 148 Å². The number of aliphatic carboxylic acids is 1. The lowest BCUT2D eigenvalue weighted by molar-refractivity contribution is -0.150. The first-order valence-electron chi connectivity index (χ1n) is 8.66. The fourth-order valence-corrected chi connectivity index (χ4v) is 2.89. The first kappa shape index (κ1) is 19.2. The zero-order valence-electron chi connectivity index (χ0n) is 15.3. The van der Waals surface area contributed by atoms with E-state index in [1.807, 2.05) is 19.1 Å². The number of rotatable bonds is 6. The number of amides is 1. The molecule has 25 heavy (non-hydrogen) atoms. The van der Waals surface area contributed by atoms with Crippen molar-refractivity contribution in [1.82, 2.24) is 4.90 Å². The second kappa shape index (κ2) is 8.34. The van der Waals surface area contributed by atoms with Crippen LogP contribution in [0.1, 0.15) is 44.2 Å². The summed E-state index contributed by atoms with van der Waals surface area (Å²) < 4.78 is 11.2. The summed E-state index contributed by atoms with van der Waals surface area (Å²) in [5.74, 6) is -0.0884. The molecule has 6 heteroatoms. The van der Waals surface area contributed by atoms with Crippen molar-refractivity contribution >= 4 is 11.9 Å². The number of nitrogens with zero attached hydrogens (tertiary/aromatic N) is 1. The summed E-state index contributed by atoms with van der Waals surface area (Å²) in [6.07, 6.45) is -0.809. The van der Waals surface area contributed by atoms with Crippen LogP contribution < -0.4 is 4.74 Å². The zero-order valence-corrected chi connectivity index (χ0v) is 15.3. The van der Waals surface area contributed by atoms with Gasteiger partial charge >= 0.3 is 5.97 Å². The predicted octanol–water partition coefficient (Wildman–Crippen LogP) is 2.59. The molecule has 1 fully saturated rings. The third kappa shape index (κ3) is 4.95. The van der Waals surface area contributed by atoms with Gasteiger partial charge in [-0.15, -0.1) is 0 Å². The van der Waals surface area contributed by atoms with Gasteiger partial charge in [0.15, 0.2) is 6.10 Å². The maximum atomic E-state index is 12.8. The standard InChI is InChI=1S/C19H27NO5/c1-12(2)15-6-5-13(3)17(9-15)25-14(4)19(23)20-7-8-24-11-16(20)10-18(21)22/h5-6,9,12,14,16H,7-8,10-11H2,1-4H3,(H,21,22). The molecule has 0 saturated carbocycles. The van der Waals surface area contributed by atoms with Gasteiger partial charge in [-0.05, 0) is 37.0 Å². The number of hydrogen-bond donors (Lipinski definition) is 1. The molecular weight excluding hydrogens is 322 g/mol. The Hall–Kier alpha value is -2.08. The van der Waals surface area contributed by atoms with E-state index < -0.39 is 18.1 Å². The van der Waals surface area contributed by atoms with Gasteiger partial charge in [0.2, 0.25) is 0 Å².